The summed E-state index contributed by atoms with van der Waals surface area (Å²) in [4.78, 5) is 11.0. The Kier molecular flexibility index (Phi) is 3.70. The molecule has 0 saturated carbocycles. The predicted octanol–water partition coefficient (Wildman–Crippen LogP) is 2.53. The lowest BCUT2D eigenvalue weighted by Crippen LogP contribution is -1.96. The second-order valence-corrected chi connectivity index (χ2v) is 3.03. The van der Waals surface area contributed by atoms with E-state index in [0.717, 1.165) is 10.9 Å². The zero-order valence-corrected chi connectivity index (χ0v) is 9.03. The summed E-state index contributed by atoms with van der Waals surface area (Å²) in [6.07, 6.45) is 0. The van der Waals surface area contributed by atoms with Crippen molar-refractivity contribution in [3.05, 3.63) is 35.4 Å². The highest BCUT2D eigenvalue weighted by molar-refractivity contribution is 9.08. The van der Waals surface area contributed by atoms with Crippen LogP contribution in [-0.2, 0) is 9.85 Å². The lowest BCUT2D eigenvalue weighted by atomic mass is 10.2. The second-order valence-electron chi connectivity index (χ2n) is 2.24. The Morgan fingerprint density at radius 1 is 1.42 bits per heavy atom. The van der Waals surface area contributed by atoms with Crippen molar-refractivity contribution in [2.75, 3.05) is 0 Å². The molecular weight excluding hydrogens is 239 g/mol. The molecule has 0 N–H and O–H groups in total. The van der Waals surface area contributed by atoms with E-state index in [1.165, 1.54) is 0 Å². The summed E-state index contributed by atoms with van der Waals surface area (Å²) in [5, 5.41) is 0.795. The number of carbonyl (C=O) groups is 1. The van der Waals surface area contributed by atoms with Gasteiger partial charge >= 0.3 is 5.97 Å². The number of hydrogen-bond acceptors (Lipinski definition) is 2. The van der Waals surface area contributed by atoms with Gasteiger partial charge in [0.15, 0.2) is 0 Å². The molecule has 0 saturated heterocycles. The normalized spacial score (nSPS) is 9.50. The van der Waals surface area contributed by atoms with Crippen molar-refractivity contribution in [1.82, 2.24) is 0 Å². The fraction of sp³-hybridized carbons (Fsp3) is 0.125. The first-order valence-electron chi connectivity index (χ1n) is 3.34. The van der Waals surface area contributed by atoms with E-state index in [1.807, 2.05) is 21.6 Å². The lowest BCUT2D eigenvalue weighted by Gasteiger charge is -1.98. The molecule has 64 valence electrons. The van der Waals surface area contributed by atoms with Crippen LogP contribution in [0.3, 0.4) is 0 Å². The Labute approximate surface area is 81.7 Å². The van der Waals surface area contributed by atoms with Gasteiger partial charge in [0.25, 0.3) is 0 Å². The molecule has 0 fully saturated rings. The minimum Gasteiger partial charge on any atom is -0.448 e. The van der Waals surface area contributed by atoms with Gasteiger partial charge < -0.3 is 4.52 Å². The summed E-state index contributed by atoms with van der Waals surface area (Å²) in [6.45, 7) is 0. The molecule has 0 radical (unpaired) electrons. The summed E-state index contributed by atoms with van der Waals surface area (Å²) in [6, 6.07) is 7.24. The molecule has 0 aromatic heterocycles. The summed E-state index contributed by atoms with van der Waals surface area (Å²) in [7, 11) is 1.93. The van der Waals surface area contributed by atoms with Gasteiger partial charge in [-0.25, -0.2) is 4.79 Å². The Bertz CT molecular complexity index is 271. The van der Waals surface area contributed by atoms with Crippen LogP contribution in [0.2, 0.25) is 0 Å². The summed E-state index contributed by atoms with van der Waals surface area (Å²) in [5.74, 6) is -0.332. The highest BCUT2D eigenvalue weighted by atomic mass is 79.9. The van der Waals surface area contributed by atoms with E-state index in [1.54, 1.807) is 12.1 Å². The molecule has 0 heterocycles. The monoisotopic (exact) mass is 246 g/mol. The van der Waals surface area contributed by atoms with Crippen LogP contribution in [0, 0.1) is 0 Å². The quantitative estimate of drug-likeness (QED) is 0.592. The zero-order valence-electron chi connectivity index (χ0n) is 6.29. The third-order valence-corrected chi connectivity index (χ3v) is 2.31. The van der Waals surface area contributed by atoms with Gasteiger partial charge in [0.2, 0.25) is 0 Å². The van der Waals surface area contributed by atoms with Gasteiger partial charge in [0.05, 0.1) is 15.0 Å². The van der Waals surface area contributed by atoms with Gasteiger partial charge in [-0.15, -0.1) is 0 Å². The van der Waals surface area contributed by atoms with Gasteiger partial charge in [-0.1, -0.05) is 28.1 Å². The molecule has 1 aromatic carbocycles. The van der Waals surface area contributed by atoms with E-state index in [2.05, 4.69) is 20.5 Å². The fourth-order valence-electron chi connectivity index (χ4n) is 0.798. The molecule has 1 aromatic rings. The smallest absolute Gasteiger partial charge is 0.340 e. The van der Waals surface area contributed by atoms with Crippen molar-refractivity contribution in [2.24, 2.45) is 0 Å². The van der Waals surface area contributed by atoms with Gasteiger partial charge in [0.1, 0.15) is 0 Å². The molecule has 12 heavy (non-hydrogen) atoms. The molecular formula is C8H8BrO2P. The number of carbonyl (C=O) groups excluding carboxylic acids is 1. The average molecular weight is 247 g/mol. The number of benzene rings is 1. The van der Waals surface area contributed by atoms with Crippen LogP contribution in [-0.4, -0.2) is 5.97 Å². The first-order chi connectivity index (χ1) is 5.77. The molecule has 0 aliphatic heterocycles. The Morgan fingerprint density at radius 2 is 2.00 bits per heavy atom. The zero-order chi connectivity index (χ0) is 8.97. The van der Waals surface area contributed by atoms with E-state index in [9.17, 15) is 4.79 Å². The fourth-order valence-corrected chi connectivity index (χ4v) is 1.31. The van der Waals surface area contributed by atoms with Crippen LogP contribution in [0.4, 0.5) is 0 Å². The highest BCUT2D eigenvalue weighted by Gasteiger charge is 2.03. The lowest BCUT2D eigenvalue weighted by molar-refractivity contribution is 0.0765. The molecule has 1 atom stereocenters. The molecule has 4 heteroatoms. The summed E-state index contributed by atoms with van der Waals surface area (Å²) in [5.41, 5.74) is 1.70. The molecule has 0 bridgehead atoms. The van der Waals surface area contributed by atoms with E-state index in [-0.39, 0.29) is 5.97 Å². The maximum atomic E-state index is 11.0. The van der Waals surface area contributed by atoms with Crippen LogP contribution >= 0.6 is 25.4 Å². The Balaban J connectivity index is 2.84. The summed E-state index contributed by atoms with van der Waals surface area (Å²) < 4.78 is 4.48. The van der Waals surface area contributed by atoms with Crippen molar-refractivity contribution in [3.8, 4) is 0 Å². The first kappa shape index (κ1) is 9.69. The standard InChI is InChI=1S/C8H8BrO2P/c9-5-6-1-3-7(4-2-6)8(10)11-12/h1-4H,5,12H2. The van der Waals surface area contributed by atoms with Crippen molar-refractivity contribution in [1.29, 1.82) is 0 Å². The van der Waals surface area contributed by atoms with Gasteiger partial charge in [-0.3, -0.25) is 0 Å². The molecule has 0 spiro atoms. The van der Waals surface area contributed by atoms with Crippen molar-refractivity contribution in [3.63, 3.8) is 0 Å². The minimum absolute atomic E-state index is 0.332. The van der Waals surface area contributed by atoms with E-state index in [4.69, 9.17) is 0 Å². The van der Waals surface area contributed by atoms with Gasteiger partial charge in [0, 0.05) is 5.33 Å². The van der Waals surface area contributed by atoms with Crippen molar-refractivity contribution < 1.29 is 9.32 Å². The average Bonchev–Trinajstić information content (AvgIpc) is 2.17. The molecule has 1 unspecified atom stereocenters. The third kappa shape index (κ3) is 2.29. The highest BCUT2D eigenvalue weighted by Crippen LogP contribution is 2.09. The first-order valence-corrected chi connectivity index (χ1v) is 4.93. The van der Waals surface area contributed by atoms with E-state index >= 15 is 0 Å². The molecule has 2 nitrogen and oxygen atoms in total. The van der Waals surface area contributed by atoms with Crippen molar-refractivity contribution >= 4 is 31.4 Å². The molecule has 0 aliphatic rings. The summed E-state index contributed by atoms with van der Waals surface area (Å²) >= 11 is 3.32. The largest absolute Gasteiger partial charge is 0.448 e. The number of halogens is 1. The van der Waals surface area contributed by atoms with Gasteiger partial charge in [-0.2, -0.15) is 0 Å². The van der Waals surface area contributed by atoms with Crippen LogP contribution in [0.25, 0.3) is 0 Å². The minimum atomic E-state index is -0.332. The maximum Gasteiger partial charge on any atom is 0.340 e. The molecule has 1 rings (SSSR count). The Hall–Kier alpha value is -0.400. The topological polar surface area (TPSA) is 26.3 Å². The molecule has 0 aliphatic carbocycles. The molecule has 0 amide bonds. The SMILES string of the molecule is O=C(OP)c1ccc(CBr)cc1. The van der Waals surface area contributed by atoms with E-state index < -0.39 is 0 Å². The van der Waals surface area contributed by atoms with Crippen LogP contribution in [0.15, 0.2) is 24.3 Å². The third-order valence-electron chi connectivity index (χ3n) is 1.45. The maximum absolute atomic E-state index is 11.0. The Morgan fingerprint density at radius 3 is 2.42 bits per heavy atom. The predicted molar refractivity (Wildman–Crippen MR) is 54.2 cm³/mol. The van der Waals surface area contributed by atoms with Crippen molar-refractivity contribution in [2.45, 2.75) is 5.33 Å². The van der Waals surface area contributed by atoms with E-state index in [0.29, 0.717) is 5.56 Å². The number of alkyl halides is 1. The van der Waals surface area contributed by atoms with Crippen LogP contribution in [0.1, 0.15) is 15.9 Å². The van der Waals surface area contributed by atoms with Gasteiger partial charge in [-0.05, 0) is 17.7 Å². The number of rotatable bonds is 2. The van der Waals surface area contributed by atoms with Crippen LogP contribution < -0.4 is 0 Å². The number of hydrogen-bond donors (Lipinski definition) is 0. The van der Waals surface area contributed by atoms with Crippen LogP contribution in [0.5, 0.6) is 0 Å². The second kappa shape index (κ2) is 4.58.